The van der Waals surface area contributed by atoms with Crippen LogP contribution in [0.5, 0.6) is 0 Å². The van der Waals surface area contributed by atoms with Crippen molar-refractivity contribution in [1.82, 2.24) is 10.2 Å². The molecule has 0 amide bonds. The molecule has 0 aliphatic heterocycles. The van der Waals surface area contributed by atoms with Crippen LogP contribution in [0.1, 0.15) is 5.56 Å². The maximum Gasteiger partial charge on any atom is 0.330 e. The number of hydrogen-bond acceptors (Lipinski definition) is 5. The number of nitrogens with zero attached hydrogens (tertiary/aromatic N) is 4. The normalized spacial score (nSPS) is 12.5. The Labute approximate surface area is 132 Å². The van der Waals surface area contributed by atoms with E-state index in [2.05, 4.69) is 20.4 Å². The minimum Gasteiger partial charge on any atom is -0.480 e. The average Bonchev–Trinajstić information content (AvgIpc) is 2.59. The van der Waals surface area contributed by atoms with E-state index in [4.69, 9.17) is 0 Å². The van der Waals surface area contributed by atoms with Crippen LogP contribution in [-0.4, -0.2) is 27.3 Å². The van der Waals surface area contributed by atoms with Crippen molar-refractivity contribution < 1.29 is 9.90 Å². The molecule has 1 heterocycles. The summed E-state index contributed by atoms with van der Waals surface area (Å²) in [5.41, 5.74) is 0.892. The largest absolute Gasteiger partial charge is 0.480 e. The third-order valence-electron chi connectivity index (χ3n) is 3.40. The van der Waals surface area contributed by atoms with E-state index in [0.29, 0.717) is 5.82 Å². The van der Waals surface area contributed by atoms with Crippen LogP contribution in [0.4, 0.5) is 5.82 Å². The molecule has 1 atom stereocenters. The van der Waals surface area contributed by atoms with Gasteiger partial charge in [0.2, 0.25) is 5.82 Å². The molecule has 114 valence electrons. The van der Waals surface area contributed by atoms with Gasteiger partial charge < -0.3 is 5.11 Å². The Bertz CT molecular complexity index is 844. The van der Waals surface area contributed by atoms with E-state index in [9.17, 15) is 9.90 Å². The Kier molecular flexibility index (Phi) is 4.33. The Balaban J connectivity index is 1.87. The van der Waals surface area contributed by atoms with Gasteiger partial charge in [0.15, 0.2) is 6.04 Å². The zero-order valence-electron chi connectivity index (χ0n) is 12.2. The monoisotopic (exact) mass is 306 g/mol. The SMILES string of the molecule is O=C(O)C(Cc1ccccc1)N=Nc1nncc2ccccc12. The molecule has 1 unspecified atom stereocenters. The molecular weight excluding hydrogens is 292 g/mol. The molecule has 0 aliphatic carbocycles. The van der Waals surface area contributed by atoms with Gasteiger partial charge in [0.25, 0.3) is 0 Å². The second kappa shape index (κ2) is 6.74. The minimum atomic E-state index is -1.02. The number of benzene rings is 2. The molecule has 3 aromatic rings. The number of carbonyl (C=O) groups is 1. The molecule has 0 radical (unpaired) electrons. The second-order valence-electron chi connectivity index (χ2n) is 5.01. The van der Waals surface area contributed by atoms with Crippen molar-refractivity contribution in [3.63, 3.8) is 0 Å². The van der Waals surface area contributed by atoms with Crippen molar-refractivity contribution in [1.29, 1.82) is 0 Å². The van der Waals surface area contributed by atoms with Crippen LogP contribution in [0.2, 0.25) is 0 Å². The first kappa shape index (κ1) is 14.8. The summed E-state index contributed by atoms with van der Waals surface area (Å²) in [6.07, 6.45) is 1.91. The fourth-order valence-corrected chi connectivity index (χ4v) is 2.23. The molecule has 6 nitrogen and oxygen atoms in total. The van der Waals surface area contributed by atoms with Crippen molar-refractivity contribution in [3.8, 4) is 0 Å². The third kappa shape index (κ3) is 3.55. The highest BCUT2D eigenvalue weighted by molar-refractivity contribution is 5.89. The lowest BCUT2D eigenvalue weighted by Gasteiger charge is -2.06. The molecule has 6 heteroatoms. The van der Waals surface area contributed by atoms with E-state index < -0.39 is 12.0 Å². The van der Waals surface area contributed by atoms with Gasteiger partial charge in [-0.1, -0.05) is 54.6 Å². The molecule has 3 rings (SSSR count). The lowest BCUT2D eigenvalue weighted by Crippen LogP contribution is -2.20. The van der Waals surface area contributed by atoms with Crippen LogP contribution in [0.15, 0.2) is 71.0 Å². The molecule has 1 N–H and O–H groups in total. The molecule has 0 aliphatic rings. The highest BCUT2D eigenvalue weighted by Crippen LogP contribution is 2.22. The standard InChI is InChI=1S/C17H14N4O2/c22-17(23)15(10-12-6-2-1-3-7-12)19-21-16-14-9-5-4-8-13(14)11-18-20-16/h1-9,11,15H,10H2,(H,22,23). The molecular formula is C17H14N4O2. The Hall–Kier alpha value is -3.15. The summed E-state index contributed by atoms with van der Waals surface area (Å²) in [5.74, 6) is -0.701. The maximum atomic E-state index is 11.4. The first-order chi connectivity index (χ1) is 11.2. The van der Waals surface area contributed by atoms with E-state index >= 15 is 0 Å². The van der Waals surface area contributed by atoms with Gasteiger partial charge in [-0.25, -0.2) is 4.79 Å². The molecule has 2 aromatic carbocycles. The van der Waals surface area contributed by atoms with Crippen LogP contribution >= 0.6 is 0 Å². The first-order valence-corrected chi connectivity index (χ1v) is 7.12. The molecule has 0 spiro atoms. The van der Waals surface area contributed by atoms with Gasteiger partial charge in [-0.15, -0.1) is 10.2 Å². The van der Waals surface area contributed by atoms with Crippen molar-refractivity contribution >= 4 is 22.6 Å². The van der Waals surface area contributed by atoms with Gasteiger partial charge in [-0.2, -0.15) is 10.2 Å². The number of rotatable bonds is 5. The number of aromatic nitrogens is 2. The molecule has 0 bridgehead atoms. The number of fused-ring (bicyclic) bond motifs is 1. The average molecular weight is 306 g/mol. The van der Waals surface area contributed by atoms with Crippen LogP contribution in [0, 0.1) is 0 Å². The van der Waals surface area contributed by atoms with Gasteiger partial charge in [0.1, 0.15) is 0 Å². The van der Waals surface area contributed by atoms with E-state index in [1.807, 2.05) is 54.6 Å². The predicted molar refractivity (Wildman–Crippen MR) is 85.6 cm³/mol. The van der Waals surface area contributed by atoms with Crippen molar-refractivity contribution in [2.45, 2.75) is 12.5 Å². The lowest BCUT2D eigenvalue weighted by atomic mass is 10.1. The van der Waals surface area contributed by atoms with Crippen LogP contribution in [0.3, 0.4) is 0 Å². The quantitative estimate of drug-likeness (QED) is 0.732. The summed E-state index contributed by atoms with van der Waals surface area (Å²) < 4.78 is 0. The zero-order valence-corrected chi connectivity index (χ0v) is 12.2. The fourth-order valence-electron chi connectivity index (χ4n) is 2.23. The highest BCUT2D eigenvalue weighted by atomic mass is 16.4. The number of hydrogen-bond donors (Lipinski definition) is 1. The molecule has 0 saturated carbocycles. The fraction of sp³-hybridized carbons (Fsp3) is 0.118. The summed E-state index contributed by atoms with van der Waals surface area (Å²) in [7, 11) is 0. The van der Waals surface area contributed by atoms with Gasteiger partial charge in [0, 0.05) is 17.2 Å². The van der Waals surface area contributed by atoms with Crippen LogP contribution < -0.4 is 0 Å². The Morgan fingerprint density at radius 2 is 1.83 bits per heavy atom. The highest BCUT2D eigenvalue weighted by Gasteiger charge is 2.17. The zero-order chi connectivity index (χ0) is 16.1. The summed E-state index contributed by atoms with van der Waals surface area (Å²) >= 11 is 0. The second-order valence-corrected chi connectivity index (χ2v) is 5.01. The van der Waals surface area contributed by atoms with Gasteiger partial charge in [0.05, 0.1) is 6.20 Å². The lowest BCUT2D eigenvalue weighted by molar-refractivity contribution is -0.138. The van der Waals surface area contributed by atoms with Gasteiger partial charge in [-0.05, 0) is 5.56 Å². The van der Waals surface area contributed by atoms with E-state index in [-0.39, 0.29) is 6.42 Å². The summed E-state index contributed by atoms with van der Waals surface area (Å²) in [6.45, 7) is 0. The van der Waals surface area contributed by atoms with Gasteiger partial charge >= 0.3 is 5.97 Å². The topological polar surface area (TPSA) is 87.8 Å². The van der Waals surface area contributed by atoms with Gasteiger partial charge in [-0.3, -0.25) is 0 Å². The van der Waals surface area contributed by atoms with E-state index in [1.54, 1.807) is 6.20 Å². The predicted octanol–water partition coefficient (Wildman–Crippen LogP) is 3.41. The number of carboxylic acid groups (broad SMARTS) is 1. The van der Waals surface area contributed by atoms with Crippen LogP contribution in [-0.2, 0) is 11.2 Å². The van der Waals surface area contributed by atoms with E-state index in [0.717, 1.165) is 16.3 Å². The molecule has 0 saturated heterocycles. The van der Waals surface area contributed by atoms with Crippen molar-refractivity contribution in [2.75, 3.05) is 0 Å². The number of azo groups is 1. The smallest absolute Gasteiger partial charge is 0.330 e. The summed E-state index contributed by atoms with van der Waals surface area (Å²) in [4.78, 5) is 11.4. The Morgan fingerprint density at radius 1 is 1.09 bits per heavy atom. The summed E-state index contributed by atoms with van der Waals surface area (Å²) in [6, 6.07) is 15.9. The molecule has 23 heavy (non-hydrogen) atoms. The number of aliphatic carboxylic acids is 1. The van der Waals surface area contributed by atoms with E-state index in [1.165, 1.54) is 0 Å². The molecule has 0 fully saturated rings. The van der Waals surface area contributed by atoms with Crippen molar-refractivity contribution in [3.05, 3.63) is 66.4 Å². The minimum absolute atomic E-state index is 0.276. The summed E-state index contributed by atoms with van der Waals surface area (Å²) in [5, 5.41) is 26.8. The number of carboxylic acids is 1. The first-order valence-electron chi connectivity index (χ1n) is 7.12. The third-order valence-corrected chi connectivity index (χ3v) is 3.40. The van der Waals surface area contributed by atoms with Crippen molar-refractivity contribution in [2.24, 2.45) is 10.2 Å². The molecule has 1 aromatic heterocycles. The van der Waals surface area contributed by atoms with Crippen LogP contribution in [0.25, 0.3) is 10.8 Å². The maximum absolute atomic E-state index is 11.4. The Morgan fingerprint density at radius 3 is 2.61 bits per heavy atom.